The van der Waals surface area contributed by atoms with Crippen LogP contribution >= 0.6 is 11.6 Å². The molecule has 122 valence electrons. The third-order valence-electron chi connectivity index (χ3n) is 3.37. The van der Waals surface area contributed by atoms with E-state index in [9.17, 15) is 9.18 Å². The van der Waals surface area contributed by atoms with Gasteiger partial charge in [0.25, 0.3) is 5.91 Å². The molecule has 3 aromatic rings. The zero-order valence-corrected chi connectivity index (χ0v) is 13.3. The third kappa shape index (κ3) is 3.97. The van der Waals surface area contributed by atoms with Crippen LogP contribution in [0.1, 0.15) is 16.2 Å². The van der Waals surface area contributed by atoms with Crippen molar-refractivity contribution in [3.8, 4) is 11.4 Å². The molecule has 1 aromatic heterocycles. The van der Waals surface area contributed by atoms with Gasteiger partial charge in [-0.3, -0.25) is 9.89 Å². The lowest BCUT2D eigenvalue weighted by molar-refractivity contribution is 0.0953. The third-order valence-corrected chi connectivity index (χ3v) is 3.62. The molecule has 0 bridgehead atoms. The Kier molecular flexibility index (Phi) is 4.86. The second-order valence-electron chi connectivity index (χ2n) is 5.13. The van der Waals surface area contributed by atoms with E-state index in [0.29, 0.717) is 29.6 Å². The van der Waals surface area contributed by atoms with E-state index >= 15 is 0 Å². The number of hydrogen-bond donors (Lipinski definition) is 2. The first-order chi connectivity index (χ1) is 11.6. The normalized spacial score (nSPS) is 10.6. The maximum Gasteiger partial charge on any atom is 0.251 e. The molecule has 1 heterocycles. The van der Waals surface area contributed by atoms with Gasteiger partial charge in [-0.15, -0.1) is 0 Å². The van der Waals surface area contributed by atoms with Crippen molar-refractivity contribution >= 4 is 17.5 Å². The topological polar surface area (TPSA) is 70.7 Å². The minimum absolute atomic E-state index is 0.287. The number of nitrogens with one attached hydrogen (secondary N) is 2. The average Bonchev–Trinajstić information content (AvgIpc) is 3.04. The minimum atomic E-state index is -0.439. The van der Waals surface area contributed by atoms with Crippen LogP contribution in [0.15, 0.2) is 48.5 Å². The number of amides is 1. The molecule has 0 aliphatic heterocycles. The number of H-pyrrole nitrogens is 1. The van der Waals surface area contributed by atoms with Crippen molar-refractivity contribution in [3.63, 3.8) is 0 Å². The van der Waals surface area contributed by atoms with Crippen LogP contribution in [0.25, 0.3) is 11.4 Å². The van der Waals surface area contributed by atoms with Gasteiger partial charge in [0, 0.05) is 29.1 Å². The summed E-state index contributed by atoms with van der Waals surface area (Å²) in [5, 5.41) is 10.3. The van der Waals surface area contributed by atoms with Gasteiger partial charge in [0.05, 0.1) is 0 Å². The Morgan fingerprint density at radius 1 is 1.21 bits per heavy atom. The molecule has 0 aliphatic rings. The fourth-order valence-electron chi connectivity index (χ4n) is 2.16. The van der Waals surface area contributed by atoms with Crippen molar-refractivity contribution in [1.82, 2.24) is 20.5 Å². The van der Waals surface area contributed by atoms with Crippen molar-refractivity contribution < 1.29 is 9.18 Å². The van der Waals surface area contributed by atoms with Crippen LogP contribution in [0.2, 0.25) is 5.02 Å². The molecule has 5 nitrogen and oxygen atoms in total. The molecule has 24 heavy (non-hydrogen) atoms. The number of halogens is 2. The zero-order valence-electron chi connectivity index (χ0n) is 12.6. The number of benzene rings is 2. The molecule has 0 radical (unpaired) electrons. The van der Waals surface area contributed by atoms with Crippen molar-refractivity contribution in [2.75, 3.05) is 6.54 Å². The number of aromatic nitrogens is 3. The van der Waals surface area contributed by atoms with E-state index in [-0.39, 0.29) is 11.5 Å². The average molecular weight is 345 g/mol. The van der Waals surface area contributed by atoms with Crippen LogP contribution < -0.4 is 5.32 Å². The molecule has 0 saturated heterocycles. The highest BCUT2D eigenvalue weighted by atomic mass is 35.5. The predicted octanol–water partition coefficient (Wildman–Crippen LogP) is 3.24. The summed E-state index contributed by atoms with van der Waals surface area (Å²) in [6.07, 6.45) is 0.488. The molecule has 0 saturated carbocycles. The van der Waals surface area contributed by atoms with Crippen LogP contribution in [0, 0.1) is 5.82 Å². The van der Waals surface area contributed by atoms with Gasteiger partial charge < -0.3 is 5.32 Å². The van der Waals surface area contributed by atoms with Gasteiger partial charge in [-0.25, -0.2) is 9.37 Å². The number of aromatic amines is 1. The SMILES string of the molecule is O=C(NCCc1nc(-c2ccc(Cl)cc2)n[nH]1)c1cccc(F)c1. The van der Waals surface area contributed by atoms with E-state index in [4.69, 9.17) is 11.6 Å². The quantitative estimate of drug-likeness (QED) is 0.746. The summed E-state index contributed by atoms with van der Waals surface area (Å²) in [7, 11) is 0. The molecule has 2 aromatic carbocycles. The van der Waals surface area contributed by atoms with Crippen LogP contribution in [0.3, 0.4) is 0 Å². The summed E-state index contributed by atoms with van der Waals surface area (Å²) < 4.78 is 13.1. The van der Waals surface area contributed by atoms with Crippen LogP contribution in [0.4, 0.5) is 4.39 Å². The van der Waals surface area contributed by atoms with Gasteiger partial charge in [-0.05, 0) is 42.5 Å². The smallest absolute Gasteiger partial charge is 0.251 e. The van der Waals surface area contributed by atoms with Crippen LogP contribution in [-0.2, 0) is 6.42 Å². The molecular formula is C17H14ClFN4O. The Morgan fingerprint density at radius 2 is 2.00 bits per heavy atom. The highest BCUT2D eigenvalue weighted by Gasteiger charge is 2.08. The van der Waals surface area contributed by atoms with Crippen molar-refractivity contribution in [1.29, 1.82) is 0 Å². The van der Waals surface area contributed by atoms with Gasteiger partial charge in [0.1, 0.15) is 11.6 Å². The summed E-state index contributed by atoms with van der Waals surface area (Å²) in [5.41, 5.74) is 1.14. The lowest BCUT2D eigenvalue weighted by Crippen LogP contribution is -2.26. The van der Waals surface area contributed by atoms with E-state index < -0.39 is 5.82 Å². The number of hydrogen-bond acceptors (Lipinski definition) is 3. The summed E-state index contributed by atoms with van der Waals surface area (Å²) in [4.78, 5) is 16.3. The maximum absolute atomic E-state index is 13.1. The summed E-state index contributed by atoms with van der Waals surface area (Å²) in [5.74, 6) is 0.454. The van der Waals surface area contributed by atoms with Crippen LogP contribution in [0.5, 0.6) is 0 Å². The van der Waals surface area contributed by atoms with E-state index in [1.165, 1.54) is 18.2 Å². The molecule has 2 N–H and O–H groups in total. The molecule has 0 unspecified atom stereocenters. The lowest BCUT2D eigenvalue weighted by atomic mass is 10.2. The maximum atomic E-state index is 13.1. The summed E-state index contributed by atoms with van der Waals surface area (Å²) in [6.45, 7) is 0.366. The second kappa shape index (κ2) is 7.23. The predicted molar refractivity (Wildman–Crippen MR) is 89.3 cm³/mol. The Morgan fingerprint density at radius 3 is 2.75 bits per heavy atom. The summed E-state index contributed by atoms with van der Waals surface area (Å²) in [6, 6.07) is 12.8. The molecule has 0 fully saturated rings. The summed E-state index contributed by atoms with van der Waals surface area (Å²) >= 11 is 5.85. The zero-order chi connectivity index (χ0) is 16.9. The molecule has 0 aliphatic carbocycles. The van der Waals surface area contributed by atoms with Crippen molar-refractivity contribution in [2.24, 2.45) is 0 Å². The Labute approximate surface area is 142 Å². The first-order valence-corrected chi connectivity index (χ1v) is 7.70. The molecule has 7 heteroatoms. The minimum Gasteiger partial charge on any atom is -0.352 e. The molecule has 3 rings (SSSR count). The van der Waals surface area contributed by atoms with E-state index in [1.807, 2.05) is 12.1 Å². The monoisotopic (exact) mass is 344 g/mol. The van der Waals surface area contributed by atoms with Gasteiger partial charge >= 0.3 is 0 Å². The molecule has 1 amide bonds. The number of carbonyl (C=O) groups is 1. The highest BCUT2D eigenvalue weighted by molar-refractivity contribution is 6.30. The number of carbonyl (C=O) groups excluding carboxylic acids is 1. The van der Waals surface area contributed by atoms with E-state index in [1.54, 1.807) is 18.2 Å². The first kappa shape index (κ1) is 16.1. The van der Waals surface area contributed by atoms with Crippen molar-refractivity contribution in [3.05, 3.63) is 70.8 Å². The largest absolute Gasteiger partial charge is 0.352 e. The highest BCUT2D eigenvalue weighted by Crippen LogP contribution is 2.17. The molecule has 0 spiro atoms. The fourth-order valence-corrected chi connectivity index (χ4v) is 2.29. The van der Waals surface area contributed by atoms with Gasteiger partial charge in [-0.1, -0.05) is 17.7 Å². The van der Waals surface area contributed by atoms with Crippen LogP contribution in [-0.4, -0.2) is 27.6 Å². The standard InChI is InChI=1S/C17H14ClFN4O/c18-13-6-4-11(5-7-13)16-21-15(22-23-16)8-9-20-17(24)12-2-1-3-14(19)10-12/h1-7,10H,8-9H2,(H,20,24)(H,21,22,23). The fraction of sp³-hybridized carbons (Fsp3) is 0.118. The van der Waals surface area contributed by atoms with Crippen molar-refractivity contribution in [2.45, 2.75) is 6.42 Å². The lowest BCUT2D eigenvalue weighted by Gasteiger charge is -2.03. The van der Waals surface area contributed by atoms with E-state index in [2.05, 4.69) is 20.5 Å². The number of nitrogens with zero attached hydrogens (tertiary/aromatic N) is 2. The Balaban J connectivity index is 1.56. The number of rotatable bonds is 5. The second-order valence-corrected chi connectivity index (χ2v) is 5.57. The molecular weight excluding hydrogens is 331 g/mol. The van der Waals surface area contributed by atoms with Gasteiger partial charge in [0.2, 0.25) is 0 Å². The Hall–Kier alpha value is -2.73. The first-order valence-electron chi connectivity index (χ1n) is 7.33. The van der Waals surface area contributed by atoms with Gasteiger partial charge in [-0.2, -0.15) is 5.10 Å². The van der Waals surface area contributed by atoms with Gasteiger partial charge in [0.15, 0.2) is 5.82 Å². The molecule has 0 atom stereocenters. The Bertz CT molecular complexity index is 848. The van der Waals surface area contributed by atoms with E-state index in [0.717, 1.165) is 5.56 Å².